The van der Waals surface area contributed by atoms with Crippen molar-refractivity contribution in [2.24, 2.45) is 0 Å². The third-order valence-corrected chi connectivity index (χ3v) is 3.84. The Morgan fingerprint density at radius 2 is 1.76 bits per heavy atom. The highest BCUT2D eigenvalue weighted by molar-refractivity contribution is 5.30. The Morgan fingerprint density at radius 1 is 1.00 bits per heavy atom. The minimum absolute atomic E-state index is 0.325. The maximum absolute atomic E-state index is 5.29. The molecule has 2 aromatic carbocycles. The van der Waals surface area contributed by atoms with Gasteiger partial charge in [0.15, 0.2) is 0 Å². The molecule has 2 aromatic rings. The van der Waals surface area contributed by atoms with Crippen molar-refractivity contribution in [1.29, 1.82) is 0 Å². The van der Waals surface area contributed by atoms with Crippen LogP contribution in [0.25, 0.3) is 0 Å². The van der Waals surface area contributed by atoms with Crippen LogP contribution in [0.3, 0.4) is 0 Å². The first-order valence-electron chi connectivity index (χ1n) is 7.63. The van der Waals surface area contributed by atoms with Crippen LogP contribution in [-0.4, -0.2) is 13.2 Å². The van der Waals surface area contributed by atoms with Crippen LogP contribution in [0.5, 0.6) is 5.75 Å². The molecule has 0 heterocycles. The van der Waals surface area contributed by atoms with Crippen molar-refractivity contribution in [3.8, 4) is 5.75 Å². The lowest BCUT2D eigenvalue weighted by Crippen LogP contribution is -2.29. The summed E-state index contributed by atoms with van der Waals surface area (Å²) in [5.74, 6) is 0.915. The second kappa shape index (κ2) is 7.84. The first kappa shape index (κ1) is 15.6. The van der Waals surface area contributed by atoms with Gasteiger partial charge in [0.2, 0.25) is 0 Å². The van der Waals surface area contributed by atoms with Gasteiger partial charge < -0.3 is 10.1 Å². The normalized spacial score (nSPS) is 13.7. The van der Waals surface area contributed by atoms with E-state index in [-0.39, 0.29) is 0 Å². The number of benzene rings is 2. The van der Waals surface area contributed by atoms with Crippen molar-refractivity contribution >= 4 is 0 Å². The van der Waals surface area contributed by atoms with Gasteiger partial charge in [0.25, 0.3) is 0 Å². The van der Waals surface area contributed by atoms with Crippen molar-refractivity contribution in [1.82, 2.24) is 5.32 Å². The molecule has 0 aliphatic rings. The first-order valence-corrected chi connectivity index (χ1v) is 7.63. The van der Waals surface area contributed by atoms with Crippen LogP contribution < -0.4 is 10.1 Å². The number of aryl methyl sites for hydroxylation is 1. The molecule has 2 nitrogen and oxygen atoms in total. The largest absolute Gasteiger partial charge is 0.497 e. The highest BCUT2D eigenvalue weighted by Gasteiger charge is 2.10. The monoisotopic (exact) mass is 283 g/mol. The van der Waals surface area contributed by atoms with E-state index in [2.05, 4.69) is 61.6 Å². The SMILES string of the molecule is COc1cccc([C@@H](C)NC(C)CCc2ccccc2)c1. The Bertz CT molecular complexity index is 538. The standard InChI is InChI=1S/C19H25NO/c1-15(12-13-17-8-5-4-6-9-17)20-16(2)18-10-7-11-19(14-18)21-3/h4-11,14-16,20H,12-13H2,1-3H3/t15?,16-/m1/s1. The molecule has 0 saturated heterocycles. The van der Waals surface area contributed by atoms with E-state index in [1.807, 2.05) is 12.1 Å². The third-order valence-electron chi connectivity index (χ3n) is 3.84. The minimum atomic E-state index is 0.325. The molecule has 0 aliphatic heterocycles. The van der Waals surface area contributed by atoms with Crippen molar-refractivity contribution in [3.63, 3.8) is 0 Å². The molecule has 21 heavy (non-hydrogen) atoms. The number of ether oxygens (including phenoxy) is 1. The van der Waals surface area contributed by atoms with Gasteiger partial charge in [-0.1, -0.05) is 42.5 Å². The predicted molar refractivity (Wildman–Crippen MR) is 88.8 cm³/mol. The highest BCUT2D eigenvalue weighted by Crippen LogP contribution is 2.19. The molecule has 2 rings (SSSR count). The third kappa shape index (κ3) is 4.91. The van der Waals surface area contributed by atoms with Crippen LogP contribution >= 0.6 is 0 Å². The van der Waals surface area contributed by atoms with Crippen molar-refractivity contribution in [2.45, 2.75) is 38.8 Å². The zero-order valence-electron chi connectivity index (χ0n) is 13.2. The Morgan fingerprint density at radius 3 is 2.48 bits per heavy atom. The molecule has 0 amide bonds. The summed E-state index contributed by atoms with van der Waals surface area (Å²) in [4.78, 5) is 0. The van der Waals surface area contributed by atoms with E-state index in [1.165, 1.54) is 11.1 Å². The van der Waals surface area contributed by atoms with E-state index in [0.717, 1.165) is 18.6 Å². The zero-order valence-corrected chi connectivity index (χ0v) is 13.2. The van der Waals surface area contributed by atoms with Gasteiger partial charge >= 0.3 is 0 Å². The summed E-state index contributed by atoms with van der Waals surface area (Å²) in [5, 5.41) is 3.66. The molecule has 0 aromatic heterocycles. The van der Waals surface area contributed by atoms with E-state index in [4.69, 9.17) is 4.74 Å². The second-order valence-electron chi connectivity index (χ2n) is 5.59. The molecule has 2 atom stereocenters. The Kier molecular flexibility index (Phi) is 5.82. The average molecular weight is 283 g/mol. The number of methoxy groups -OCH3 is 1. The van der Waals surface area contributed by atoms with Gasteiger partial charge in [0, 0.05) is 12.1 Å². The van der Waals surface area contributed by atoms with Crippen LogP contribution in [0.15, 0.2) is 54.6 Å². The molecule has 1 N–H and O–H groups in total. The van der Waals surface area contributed by atoms with Crippen LogP contribution in [0.4, 0.5) is 0 Å². The lowest BCUT2D eigenvalue weighted by molar-refractivity contribution is 0.411. The summed E-state index contributed by atoms with van der Waals surface area (Å²) in [6.07, 6.45) is 2.25. The summed E-state index contributed by atoms with van der Waals surface area (Å²) >= 11 is 0. The average Bonchev–Trinajstić information content (AvgIpc) is 2.54. The number of hydrogen-bond acceptors (Lipinski definition) is 2. The highest BCUT2D eigenvalue weighted by atomic mass is 16.5. The molecule has 0 spiro atoms. The van der Waals surface area contributed by atoms with Gasteiger partial charge in [-0.05, 0) is 49.9 Å². The van der Waals surface area contributed by atoms with Crippen LogP contribution in [0.1, 0.15) is 37.4 Å². The second-order valence-corrected chi connectivity index (χ2v) is 5.59. The van der Waals surface area contributed by atoms with Gasteiger partial charge in [-0.25, -0.2) is 0 Å². The maximum atomic E-state index is 5.29. The molecule has 0 bridgehead atoms. The van der Waals surface area contributed by atoms with Gasteiger partial charge in [0.1, 0.15) is 5.75 Å². The van der Waals surface area contributed by atoms with Gasteiger partial charge in [-0.15, -0.1) is 0 Å². The van der Waals surface area contributed by atoms with Crippen molar-refractivity contribution in [2.75, 3.05) is 7.11 Å². The molecule has 2 heteroatoms. The molecule has 0 radical (unpaired) electrons. The molecular weight excluding hydrogens is 258 g/mol. The number of rotatable bonds is 7. The van der Waals surface area contributed by atoms with E-state index >= 15 is 0 Å². The fraction of sp³-hybridized carbons (Fsp3) is 0.368. The molecule has 1 unspecified atom stereocenters. The minimum Gasteiger partial charge on any atom is -0.497 e. The van der Waals surface area contributed by atoms with E-state index in [0.29, 0.717) is 12.1 Å². The summed E-state index contributed by atoms with van der Waals surface area (Å²) in [6.45, 7) is 4.45. The van der Waals surface area contributed by atoms with E-state index in [9.17, 15) is 0 Å². The summed E-state index contributed by atoms with van der Waals surface area (Å²) in [7, 11) is 1.71. The van der Waals surface area contributed by atoms with E-state index in [1.54, 1.807) is 7.11 Å². The lowest BCUT2D eigenvalue weighted by Gasteiger charge is -2.21. The molecule has 0 saturated carbocycles. The molecule has 0 fully saturated rings. The summed E-state index contributed by atoms with van der Waals surface area (Å²) in [5.41, 5.74) is 2.67. The van der Waals surface area contributed by atoms with Crippen molar-refractivity contribution in [3.05, 3.63) is 65.7 Å². The van der Waals surface area contributed by atoms with Gasteiger partial charge in [-0.2, -0.15) is 0 Å². The summed E-state index contributed by atoms with van der Waals surface area (Å²) in [6, 6.07) is 19.7. The fourth-order valence-corrected chi connectivity index (χ4v) is 2.55. The Balaban J connectivity index is 1.85. The summed E-state index contributed by atoms with van der Waals surface area (Å²) < 4.78 is 5.29. The predicted octanol–water partition coefficient (Wildman–Crippen LogP) is 4.37. The lowest BCUT2D eigenvalue weighted by atomic mass is 10.0. The van der Waals surface area contributed by atoms with E-state index < -0.39 is 0 Å². The smallest absolute Gasteiger partial charge is 0.119 e. The maximum Gasteiger partial charge on any atom is 0.119 e. The number of hydrogen-bond donors (Lipinski definition) is 1. The Labute approximate surface area is 128 Å². The quantitative estimate of drug-likeness (QED) is 0.815. The van der Waals surface area contributed by atoms with Crippen LogP contribution in [-0.2, 0) is 6.42 Å². The van der Waals surface area contributed by atoms with Gasteiger partial charge in [-0.3, -0.25) is 0 Å². The topological polar surface area (TPSA) is 21.3 Å². The molecular formula is C19H25NO. The zero-order chi connectivity index (χ0) is 15.1. The van der Waals surface area contributed by atoms with Crippen LogP contribution in [0, 0.1) is 0 Å². The van der Waals surface area contributed by atoms with Crippen molar-refractivity contribution < 1.29 is 4.74 Å². The Hall–Kier alpha value is -1.80. The molecule has 0 aliphatic carbocycles. The van der Waals surface area contributed by atoms with Crippen LogP contribution in [0.2, 0.25) is 0 Å². The first-order chi connectivity index (χ1) is 10.2. The number of nitrogens with one attached hydrogen (secondary N) is 1. The fourth-order valence-electron chi connectivity index (χ4n) is 2.55. The van der Waals surface area contributed by atoms with Gasteiger partial charge in [0.05, 0.1) is 7.11 Å². The molecule has 112 valence electrons.